The highest BCUT2D eigenvalue weighted by Crippen LogP contribution is 2.26. The summed E-state index contributed by atoms with van der Waals surface area (Å²) in [5, 5.41) is 3.87. The van der Waals surface area contributed by atoms with Crippen LogP contribution in [0.1, 0.15) is 21.5 Å². The summed E-state index contributed by atoms with van der Waals surface area (Å²) in [7, 11) is 0. The van der Waals surface area contributed by atoms with Gasteiger partial charge in [0, 0.05) is 10.5 Å². The molecule has 3 aromatic rings. The minimum atomic E-state index is -0.990. The van der Waals surface area contributed by atoms with Crippen LogP contribution in [0.3, 0.4) is 0 Å². The molecule has 0 bridgehead atoms. The lowest BCUT2D eigenvalue weighted by atomic mass is 9.98. The topological polar surface area (TPSA) is 120 Å². The maximum Gasteiger partial charge on any atom is 0.379 e. The maximum atomic E-state index is 12.5. The van der Waals surface area contributed by atoms with Crippen molar-refractivity contribution in [1.82, 2.24) is 0 Å². The van der Waals surface area contributed by atoms with Crippen LogP contribution in [0.4, 0.5) is 0 Å². The number of hydrogen-bond acceptors (Lipinski definition) is 7. The van der Waals surface area contributed by atoms with Crippen molar-refractivity contribution in [2.75, 3.05) is 13.2 Å². The van der Waals surface area contributed by atoms with Crippen molar-refractivity contribution < 1.29 is 28.5 Å². The van der Waals surface area contributed by atoms with Crippen molar-refractivity contribution in [3.8, 4) is 0 Å². The van der Waals surface area contributed by atoms with Gasteiger partial charge in [0.15, 0.2) is 0 Å². The molecule has 1 aliphatic heterocycles. The van der Waals surface area contributed by atoms with Gasteiger partial charge in [-0.05, 0) is 16.7 Å². The van der Waals surface area contributed by atoms with E-state index in [4.69, 9.17) is 24.5 Å². The van der Waals surface area contributed by atoms with Crippen molar-refractivity contribution in [3.05, 3.63) is 118 Å². The van der Waals surface area contributed by atoms with Crippen LogP contribution in [-0.4, -0.2) is 49.3 Å². The molecule has 4 rings (SSSR count). The molecule has 190 valence electrons. The van der Waals surface area contributed by atoms with Gasteiger partial charge in [-0.1, -0.05) is 96.1 Å². The number of carbonyl (C=O) groups excluding carboxylic acids is 2. The Hall–Kier alpha value is -4.01. The number of nitrogens with zero attached hydrogens (tertiary/aromatic N) is 3. The van der Waals surface area contributed by atoms with Crippen molar-refractivity contribution in [2.24, 2.45) is 5.11 Å². The van der Waals surface area contributed by atoms with E-state index < -0.39 is 36.1 Å². The fourth-order valence-corrected chi connectivity index (χ4v) is 4.02. The number of carbonyl (C=O) groups is 2. The third kappa shape index (κ3) is 7.25. The molecule has 9 heteroatoms. The first kappa shape index (κ1) is 26.1. The minimum Gasteiger partial charge on any atom is -0.457 e. The molecule has 3 unspecified atom stereocenters. The molecule has 37 heavy (non-hydrogen) atoms. The highest BCUT2D eigenvalue weighted by Gasteiger charge is 2.43. The molecule has 0 aromatic heterocycles. The fourth-order valence-electron chi connectivity index (χ4n) is 4.02. The Kier molecular flexibility index (Phi) is 9.40. The number of ether oxygens (including phenoxy) is 4. The second-order valence-electron chi connectivity index (χ2n) is 8.46. The quantitative estimate of drug-likeness (QED) is 0.0941. The number of ketones is 1. The zero-order valence-corrected chi connectivity index (χ0v) is 20.1. The summed E-state index contributed by atoms with van der Waals surface area (Å²) in [5.74, 6) is -1.74. The molecule has 0 N–H and O–H groups in total. The Labute approximate surface area is 214 Å². The molecule has 0 radical (unpaired) electrons. The fraction of sp³-hybridized carbons (Fsp3) is 0.286. The van der Waals surface area contributed by atoms with Crippen molar-refractivity contribution in [2.45, 2.75) is 37.6 Å². The van der Waals surface area contributed by atoms with Crippen LogP contribution in [0.25, 0.3) is 10.4 Å². The Morgan fingerprint density at radius 1 is 0.838 bits per heavy atom. The summed E-state index contributed by atoms with van der Waals surface area (Å²) in [6.07, 6.45) is -2.17. The number of rotatable bonds is 11. The second kappa shape index (κ2) is 13.3. The lowest BCUT2D eigenvalue weighted by Crippen LogP contribution is -2.56. The summed E-state index contributed by atoms with van der Waals surface area (Å²) in [5.41, 5.74) is 11.2. The van der Waals surface area contributed by atoms with Gasteiger partial charge in [0.05, 0.1) is 32.0 Å². The summed E-state index contributed by atoms with van der Waals surface area (Å²) < 4.78 is 23.7. The summed E-state index contributed by atoms with van der Waals surface area (Å²) in [6, 6.07) is 26.6. The highest BCUT2D eigenvalue weighted by atomic mass is 16.6. The van der Waals surface area contributed by atoms with Gasteiger partial charge in [0.2, 0.25) is 0 Å². The maximum absolute atomic E-state index is 12.5. The van der Waals surface area contributed by atoms with E-state index in [1.807, 2.05) is 60.7 Å². The van der Waals surface area contributed by atoms with Gasteiger partial charge in [-0.25, -0.2) is 4.79 Å². The number of hydrogen-bond donors (Lipinski definition) is 0. The van der Waals surface area contributed by atoms with Crippen LogP contribution in [-0.2, 0) is 37.0 Å². The first-order chi connectivity index (χ1) is 18.2. The number of Topliss-reactive ketones (excluding diaryl/α,β-unsaturated/α-hetero) is 1. The molecule has 0 aliphatic carbocycles. The smallest absolute Gasteiger partial charge is 0.379 e. The Morgan fingerprint density at radius 2 is 1.38 bits per heavy atom. The second-order valence-corrected chi connectivity index (χ2v) is 8.46. The Morgan fingerprint density at radius 3 is 1.95 bits per heavy atom. The molecular formula is C28H27N3O6. The lowest BCUT2D eigenvalue weighted by Gasteiger charge is -2.40. The lowest BCUT2D eigenvalue weighted by molar-refractivity contribution is -0.203. The molecule has 9 nitrogen and oxygen atoms in total. The molecule has 3 aromatic carbocycles. The van der Waals surface area contributed by atoms with Gasteiger partial charge in [-0.15, -0.1) is 0 Å². The average molecular weight is 502 g/mol. The Bertz CT molecular complexity index is 1200. The van der Waals surface area contributed by atoms with Crippen molar-refractivity contribution >= 4 is 11.8 Å². The van der Waals surface area contributed by atoms with Crippen LogP contribution in [0.5, 0.6) is 0 Å². The molecule has 1 fully saturated rings. The van der Waals surface area contributed by atoms with E-state index in [-0.39, 0.29) is 32.0 Å². The number of benzene rings is 3. The zero-order chi connectivity index (χ0) is 25.9. The molecule has 0 amide bonds. The van der Waals surface area contributed by atoms with E-state index in [9.17, 15) is 9.59 Å². The van der Waals surface area contributed by atoms with Gasteiger partial charge in [-0.2, -0.15) is 0 Å². The molecule has 0 saturated carbocycles. The van der Waals surface area contributed by atoms with Gasteiger partial charge in [0.1, 0.15) is 18.8 Å². The Balaban J connectivity index is 1.50. The van der Waals surface area contributed by atoms with Crippen LogP contribution >= 0.6 is 0 Å². The minimum absolute atomic E-state index is 0.0452. The van der Waals surface area contributed by atoms with Crippen LogP contribution in [0.15, 0.2) is 96.1 Å². The molecule has 1 saturated heterocycles. The van der Waals surface area contributed by atoms with Gasteiger partial charge in [-0.3, -0.25) is 4.79 Å². The van der Waals surface area contributed by atoms with E-state index in [0.717, 1.165) is 11.1 Å². The third-order valence-electron chi connectivity index (χ3n) is 5.92. The average Bonchev–Trinajstić information content (AvgIpc) is 2.96. The van der Waals surface area contributed by atoms with Gasteiger partial charge >= 0.3 is 5.97 Å². The molecule has 0 spiro atoms. The SMILES string of the molecule is [N-]=[N+]=NC1COC(COC(=O)C(=O)c2ccccc2)[C@@H](OCc2ccccc2)C1OCc1ccccc1. The third-order valence-corrected chi connectivity index (χ3v) is 5.92. The van der Waals surface area contributed by atoms with Crippen molar-refractivity contribution in [3.63, 3.8) is 0 Å². The zero-order valence-electron chi connectivity index (χ0n) is 20.1. The van der Waals surface area contributed by atoms with E-state index in [1.165, 1.54) is 0 Å². The van der Waals surface area contributed by atoms with Gasteiger partial charge in [0.25, 0.3) is 5.78 Å². The van der Waals surface area contributed by atoms with Crippen LogP contribution in [0.2, 0.25) is 0 Å². The van der Waals surface area contributed by atoms with Gasteiger partial charge < -0.3 is 18.9 Å². The van der Waals surface area contributed by atoms with Crippen LogP contribution < -0.4 is 0 Å². The predicted molar refractivity (Wildman–Crippen MR) is 134 cm³/mol. The first-order valence-corrected chi connectivity index (χ1v) is 11.9. The van der Waals surface area contributed by atoms with Crippen LogP contribution in [0, 0.1) is 0 Å². The number of esters is 1. The van der Waals surface area contributed by atoms with E-state index in [1.54, 1.807) is 30.3 Å². The molecule has 1 aliphatic rings. The molecule has 4 atom stereocenters. The normalized spacial score (nSPS) is 21.0. The first-order valence-electron chi connectivity index (χ1n) is 11.9. The largest absolute Gasteiger partial charge is 0.457 e. The number of azide groups is 1. The van der Waals surface area contributed by atoms with E-state index >= 15 is 0 Å². The highest BCUT2D eigenvalue weighted by molar-refractivity contribution is 6.40. The van der Waals surface area contributed by atoms with E-state index in [2.05, 4.69) is 10.0 Å². The monoisotopic (exact) mass is 501 g/mol. The molecule has 1 heterocycles. The summed E-state index contributed by atoms with van der Waals surface area (Å²) in [4.78, 5) is 27.9. The predicted octanol–water partition coefficient (Wildman–Crippen LogP) is 4.66. The molecular weight excluding hydrogens is 474 g/mol. The summed E-state index contributed by atoms with van der Waals surface area (Å²) in [6.45, 7) is 0.304. The van der Waals surface area contributed by atoms with E-state index in [0.29, 0.717) is 0 Å². The summed E-state index contributed by atoms with van der Waals surface area (Å²) >= 11 is 0. The van der Waals surface area contributed by atoms with Crippen molar-refractivity contribution in [1.29, 1.82) is 0 Å². The standard InChI is InChI=1S/C28H27N3O6/c29-31-30-23-18-34-24(19-37-28(33)25(32)22-14-8-3-9-15-22)27(36-17-21-12-6-2-7-13-21)26(23)35-16-20-10-4-1-5-11-20/h1-15,23-24,26-27H,16-19H2/t23?,24?,26?,27-/m1/s1.